The minimum Gasteiger partial charge on any atom is -0.483 e. The van der Waals surface area contributed by atoms with Crippen molar-refractivity contribution in [3.05, 3.63) is 21.9 Å². The average Bonchev–Trinajstić information content (AvgIpc) is 3.20. The van der Waals surface area contributed by atoms with E-state index in [1.165, 1.54) is 29.1 Å². The molecule has 0 saturated heterocycles. The van der Waals surface area contributed by atoms with Crippen molar-refractivity contribution >= 4 is 18.0 Å². The van der Waals surface area contributed by atoms with Crippen molar-refractivity contribution in [2.75, 3.05) is 6.61 Å². The fourth-order valence-corrected chi connectivity index (χ4v) is 2.88. The van der Waals surface area contributed by atoms with Crippen LogP contribution in [0, 0.1) is 27.4 Å². The predicted octanol–water partition coefficient (Wildman–Crippen LogP) is 3.49. The van der Waals surface area contributed by atoms with Gasteiger partial charge in [-0.15, -0.1) is 0 Å². The molecule has 0 aliphatic rings. The summed E-state index contributed by atoms with van der Waals surface area (Å²) in [5.41, 5.74) is 0.422. The molecular weight excluding hydrogens is 362 g/mol. The average molecular weight is 387 g/mol. The van der Waals surface area contributed by atoms with Crippen LogP contribution in [0.4, 0.5) is 11.6 Å². The molecule has 10 heteroatoms. The van der Waals surface area contributed by atoms with Crippen LogP contribution in [0.1, 0.15) is 45.1 Å². The Morgan fingerprint density at radius 3 is 2.79 bits per heavy atom. The topological polar surface area (TPSA) is 124 Å². The molecule has 0 aliphatic heterocycles. The van der Waals surface area contributed by atoms with E-state index in [0.29, 0.717) is 18.3 Å². The zero-order valence-corrected chi connectivity index (χ0v) is 16.6. The second-order valence-electron chi connectivity index (χ2n) is 6.52. The van der Waals surface area contributed by atoms with Gasteiger partial charge in [-0.2, -0.15) is 15.4 Å². The Morgan fingerprint density at radius 2 is 2.21 bits per heavy atom. The molecule has 10 nitrogen and oxygen atoms in total. The highest BCUT2D eigenvalue weighted by atomic mass is 16.6. The minimum atomic E-state index is -0.541. The fraction of sp³-hybridized carbons (Fsp3) is 0.556. The van der Waals surface area contributed by atoms with Crippen LogP contribution in [0.15, 0.2) is 11.2 Å². The van der Waals surface area contributed by atoms with E-state index >= 15 is 0 Å². The quantitative estimate of drug-likeness (QED) is 0.266. The summed E-state index contributed by atoms with van der Waals surface area (Å²) in [5.74, 6) is 0.823. The summed E-state index contributed by atoms with van der Waals surface area (Å²) in [6, 6.07) is 2.06. The van der Waals surface area contributed by atoms with E-state index in [4.69, 9.17) is 4.74 Å². The van der Waals surface area contributed by atoms with E-state index < -0.39 is 4.92 Å². The summed E-state index contributed by atoms with van der Waals surface area (Å²) < 4.78 is 8.28. The van der Waals surface area contributed by atoms with Gasteiger partial charge in [0.25, 0.3) is 5.82 Å². The first kappa shape index (κ1) is 21.1. The molecule has 0 saturated carbocycles. The highest BCUT2D eigenvalue weighted by Gasteiger charge is 2.26. The number of aryl methyl sites for hydroxylation is 1. The number of nitriles is 1. The summed E-state index contributed by atoms with van der Waals surface area (Å²) in [7, 11) is 3.15. The number of hydrogen-bond donors (Lipinski definition) is 0. The Labute approximate surface area is 163 Å². The second kappa shape index (κ2) is 9.64. The molecule has 2 aromatic heterocycles. The number of aromatic nitrogens is 4. The van der Waals surface area contributed by atoms with Crippen LogP contribution in [-0.4, -0.2) is 37.3 Å². The van der Waals surface area contributed by atoms with Gasteiger partial charge < -0.3 is 14.9 Å². The minimum absolute atomic E-state index is 0.184. The molecule has 0 aliphatic carbocycles. The highest BCUT2D eigenvalue weighted by Crippen LogP contribution is 2.30. The Balaban J connectivity index is 2.21. The molecule has 0 fully saturated rings. The van der Waals surface area contributed by atoms with Crippen molar-refractivity contribution in [1.82, 2.24) is 19.3 Å². The molecule has 1 atom stereocenters. The Morgan fingerprint density at radius 1 is 1.46 bits per heavy atom. The molecule has 2 rings (SSSR count). The number of nitro groups is 1. The number of nitrogens with zero attached hydrogens (tertiary/aromatic N) is 7. The zero-order chi connectivity index (χ0) is 20.7. The lowest BCUT2D eigenvalue weighted by Gasteiger charge is -2.12. The third-order valence-electron chi connectivity index (χ3n) is 4.62. The van der Waals surface area contributed by atoms with Crippen LogP contribution < -0.4 is 0 Å². The summed E-state index contributed by atoms with van der Waals surface area (Å²) in [4.78, 5) is 18.8. The number of aliphatic imine (C=N–C) groups is 1. The van der Waals surface area contributed by atoms with E-state index in [0.717, 1.165) is 25.5 Å². The van der Waals surface area contributed by atoms with Crippen molar-refractivity contribution in [1.29, 1.82) is 5.26 Å². The molecule has 28 heavy (non-hydrogen) atoms. The van der Waals surface area contributed by atoms with Crippen LogP contribution in [0.25, 0.3) is 11.5 Å². The SMILES string of the molecule is CCCCC(CC)COC=Nc1c(C#N)c(-c2ncc([N+](=O)[O-])n2C)nn1C. The number of imidazole rings is 1. The molecule has 0 radical (unpaired) electrons. The largest absolute Gasteiger partial charge is 0.483 e. The van der Waals surface area contributed by atoms with Gasteiger partial charge in [0.05, 0.1) is 13.7 Å². The molecule has 0 bridgehead atoms. The number of ether oxygens (including phenoxy) is 1. The van der Waals surface area contributed by atoms with E-state index in [1.807, 2.05) is 0 Å². The Kier molecular flexibility index (Phi) is 7.26. The van der Waals surface area contributed by atoms with E-state index in [2.05, 4.69) is 35.0 Å². The maximum absolute atomic E-state index is 11.0. The van der Waals surface area contributed by atoms with Gasteiger partial charge in [0, 0.05) is 7.05 Å². The van der Waals surface area contributed by atoms with Crippen LogP contribution in [0.3, 0.4) is 0 Å². The van der Waals surface area contributed by atoms with Crippen molar-refractivity contribution < 1.29 is 9.66 Å². The Bertz CT molecular complexity index is 892. The number of hydrogen-bond acceptors (Lipinski definition) is 7. The Hall–Kier alpha value is -3.22. The van der Waals surface area contributed by atoms with Gasteiger partial charge in [-0.25, -0.2) is 14.2 Å². The van der Waals surface area contributed by atoms with Gasteiger partial charge in [-0.3, -0.25) is 0 Å². The van der Waals surface area contributed by atoms with E-state index in [-0.39, 0.29) is 22.9 Å². The lowest BCUT2D eigenvalue weighted by atomic mass is 10.0. The first-order chi connectivity index (χ1) is 13.4. The van der Waals surface area contributed by atoms with Crippen LogP contribution >= 0.6 is 0 Å². The maximum Gasteiger partial charge on any atom is 0.342 e. The standard InChI is InChI=1S/C18H25N7O3/c1-5-7-8-13(6-2)11-28-12-21-17-14(9-19)16(22-24(17)4)18-20-10-15(23(18)3)25(26)27/h10,12-13H,5-8,11H2,1-4H3. The van der Waals surface area contributed by atoms with Gasteiger partial charge >= 0.3 is 5.82 Å². The van der Waals surface area contributed by atoms with Crippen LogP contribution in [0.5, 0.6) is 0 Å². The molecule has 2 aromatic rings. The van der Waals surface area contributed by atoms with Crippen molar-refractivity contribution in [2.24, 2.45) is 25.0 Å². The molecule has 0 amide bonds. The molecule has 2 heterocycles. The number of unbranched alkanes of at least 4 members (excludes halogenated alkanes) is 1. The van der Waals surface area contributed by atoms with Gasteiger partial charge in [0.2, 0.25) is 0 Å². The lowest BCUT2D eigenvalue weighted by molar-refractivity contribution is -0.391. The van der Waals surface area contributed by atoms with Gasteiger partial charge in [0.15, 0.2) is 17.9 Å². The van der Waals surface area contributed by atoms with Gasteiger partial charge in [-0.05, 0) is 17.3 Å². The second-order valence-corrected chi connectivity index (χ2v) is 6.52. The summed E-state index contributed by atoms with van der Waals surface area (Å²) in [6.45, 7) is 4.86. The van der Waals surface area contributed by atoms with Crippen LogP contribution in [0.2, 0.25) is 0 Å². The summed E-state index contributed by atoms with van der Waals surface area (Å²) >= 11 is 0. The maximum atomic E-state index is 11.0. The third-order valence-corrected chi connectivity index (χ3v) is 4.62. The third kappa shape index (κ3) is 4.54. The van der Waals surface area contributed by atoms with Gasteiger partial charge in [0.1, 0.15) is 17.8 Å². The predicted molar refractivity (Wildman–Crippen MR) is 104 cm³/mol. The normalized spacial score (nSPS) is 12.2. The zero-order valence-electron chi connectivity index (χ0n) is 16.6. The van der Waals surface area contributed by atoms with Crippen molar-refractivity contribution in [3.8, 4) is 17.6 Å². The summed E-state index contributed by atoms with van der Waals surface area (Å²) in [5, 5.41) is 24.9. The fourth-order valence-electron chi connectivity index (χ4n) is 2.88. The first-order valence-electron chi connectivity index (χ1n) is 9.22. The van der Waals surface area contributed by atoms with E-state index in [9.17, 15) is 15.4 Å². The molecule has 0 spiro atoms. The highest BCUT2D eigenvalue weighted by molar-refractivity contribution is 5.71. The smallest absolute Gasteiger partial charge is 0.342 e. The van der Waals surface area contributed by atoms with E-state index in [1.54, 1.807) is 7.05 Å². The molecule has 0 N–H and O–H groups in total. The lowest BCUT2D eigenvalue weighted by Crippen LogP contribution is -2.08. The van der Waals surface area contributed by atoms with Gasteiger partial charge in [-0.1, -0.05) is 33.1 Å². The summed E-state index contributed by atoms with van der Waals surface area (Å²) in [6.07, 6.45) is 6.93. The van der Waals surface area contributed by atoms with Crippen molar-refractivity contribution in [2.45, 2.75) is 39.5 Å². The molecule has 150 valence electrons. The molecular formula is C18H25N7O3. The number of rotatable bonds is 10. The monoisotopic (exact) mass is 387 g/mol. The molecule has 0 aromatic carbocycles. The van der Waals surface area contributed by atoms with Crippen molar-refractivity contribution in [3.63, 3.8) is 0 Å². The first-order valence-corrected chi connectivity index (χ1v) is 9.22. The molecule has 1 unspecified atom stereocenters. The van der Waals surface area contributed by atoms with Crippen LogP contribution in [-0.2, 0) is 18.8 Å².